The zero-order valence-electron chi connectivity index (χ0n) is 18.2. The number of hydrogen-bond acceptors (Lipinski definition) is 4. The van der Waals surface area contributed by atoms with Crippen LogP contribution in [0.2, 0.25) is 0 Å². The zero-order chi connectivity index (χ0) is 21.3. The van der Waals surface area contributed by atoms with Crippen molar-refractivity contribution in [2.24, 2.45) is 5.73 Å². The summed E-state index contributed by atoms with van der Waals surface area (Å²) < 4.78 is 5.18. The number of piperidine rings is 1. The molecule has 0 atom stereocenters. The van der Waals surface area contributed by atoms with Crippen LogP contribution in [0.4, 0.5) is 4.79 Å². The molecule has 5 heteroatoms. The third kappa shape index (κ3) is 6.09. The van der Waals surface area contributed by atoms with E-state index in [-0.39, 0.29) is 17.3 Å². The van der Waals surface area contributed by atoms with Gasteiger partial charge >= 0.3 is 6.09 Å². The highest BCUT2D eigenvalue weighted by Crippen LogP contribution is 2.41. The van der Waals surface area contributed by atoms with Crippen molar-refractivity contribution in [2.75, 3.05) is 19.7 Å². The van der Waals surface area contributed by atoms with Gasteiger partial charge in [-0.25, -0.2) is 4.79 Å². The number of nitrogens with zero attached hydrogens (tertiary/aromatic N) is 1. The van der Waals surface area contributed by atoms with Crippen LogP contribution >= 0.6 is 0 Å². The number of carbonyl (C=O) groups excluding carboxylic acids is 2. The van der Waals surface area contributed by atoms with Gasteiger partial charge in [-0.05, 0) is 58.4 Å². The van der Waals surface area contributed by atoms with E-state index in [1.807, 2.05) is 13.0 Å². The Morgan fingerprint density at radius 2 is 1.66 bits per heavy atom. The molecule has 1 aliphatic heterocycles. The number of rotatable bonds is 9. The Morgan fingerprint density at radius 3 is 2.24 bits per heavy atom. The molecule has 0 saturated carbocycles. The predicted molar refractivity (Wildman–Crippen MR) is 117 cm³/mol. The van der Waals surface area contributed by atoms with Crippen LogP contribution in [-0.2, 0) is 14.9 Å². The van der Waals surface area contributed by atoms with Crippen LogP contribution in [-0.4, -0.2) is 36.5 Å². The highest BCUT2D eigenvalue weighted by atomic mass is 16.6. The Morgan fingerprint density at radius 1 is 1.03 bits per heavy atom. The second kappa shape index (κ2) is 11.0. The van der Waals surface area contributed by atoms with E-state index < -0.39 is 0 Å². The number of hydrogen-bond donors (Lipinski definition) is 1. The second-order valence-electron chi connectivity index (χ2n) is 8.09. The summed E-state index contributed by atoms with van der Waals surface area (Å²) in [5, 5.41) is 0. The fraction of sp³-hybridized carbons (Fsp3) is 0.583. The summed E-state index contributed by atoms with van der Waals surface area (Å²) in [7, 11) is 0. The van der Waals surface area contributed by atoms with E-state index in [0.717, 1.165) is 44.2 Å². The van der Waals surface area contributed by atoms with Crippen molar-refractivity contribution in [3.8, 4) is 0 Å². The van der Waals surface area contributed by atoms with Crippen molar-refractivity contribution in [3.05, 3.63) is 47.2 Å². The van der Waals surface area contributed by atoms with Gasteiger partial charge in [0.05, 0.1) is 6.61 Å². The summed E-state index contributed by atoms with van der Waals surface area (Å²) in [4.78, 5) is 25.0. The maximum Gasteiger partial charge on any atom is 0.409 e. The van der Waals surface area contributed by atoms with Crippen molar-refractivity contribution in [2.45, 2.75) is 71.1 Å². The first-order chi connectivity index (χ1) is 13.9. The SMILES string of the molecule is CCOC(=O)N1CCC(/C(N)=C(/C)CCCCCC(C)=O)(c2ccccc2)CC1. The first-order valence-electron chi connectivity index (χ1n) is 10.8. The fourth-order valence-electron chi connectivity index (χ4n) is 4.24. The normalized spacial score (nSPS) is 16.9. The highest BCUT2D eigenvalue weighted by molar-refractivity contribution is 5.75. The van der Waals surface area contributed by atoms with Crippen LogP contribution in [0.15, 0.2) is 41.6 Å². The summed E-state index contributed by atoms with van der Waals surface area (Å²) in [5.41, 5.74) is 9.94. The van der Waals surface area contributed by atoms with Crippen molar-refractivity contribution >= 4 is 11.9 Å². The summed E-state index contributed by atoms with van der Waals surface area (Å²) in [6.07, 6.45) is 5.99. The Hall–Kier alpha value is -2.30. The predicted octanol–water partition coefficient (Wildman–Crippen LogP) is 4.95. The third-order valence-electron chi connectivity index (χ3n) is 6.03. The number of amides is 1. The van der Waals surface area contributed by atoms with Gasteiger partial charge in [0.15, 0.2) is 0 Å². The highest BCUT2D eigenvalue weighted by Gasteiger charge is 2.40. The fourth-order valence-corrected chi connectivity index (χ4v) is 4.24. The molecular formula is C24H36N2O3. The van der Waals surface area contributed by atoms with Gasteiger partial charge in [-0.1, -0.05) is 42.3 Å². The molecule has 1 saturated heterocycles. The van der Waals surface area contributed by atoms with Crippen molar-refractivity contribution in [3.63, 3.8) is 0 Å². The van der Waals surface area contributed by atoms with Crippen LogP contribution < -0.4 is 5.73 Å². The van der Waals surface area contributed by atoms with E-state index in [2.05, 4.69) is 31.2 Å². The Bertz CT molecular complexity index is 704. The number of carbonyl (C=O) groups is 2. The second-order valence-corrected chi connectivity index (χ2v) is 8.09. The molecule has 0 aliphatic carbocycles. The van der Waals surface area contributed by atoms with Gasteiger partial charge in [0.25, 0.3) is 0 Å². The molecule has 2 rings (SSSR count). The minimum Gasteiger partial charge on any atom is -0.450 e. The summed E-state index contributed by atoms with van der Waals surface area (Å²) in [5.74, 6) is 0.258. The van der Waals surface area contributed by atoms with Crippen LogP contribution in [0.1, 0.15) is 71.3 Å². The average Bonchev–Trinajstić information content (AvgIpc) is 2.73. The van der Waals surface area contributed by atoms with E-state index in [0.29, 0.717) is 26.1 Å². The quantitative estimate of drug-likeness (QED) is 0.595. The summed E-state index contributed by atoms with van der Waals surface area (Å²) in [6, 6.07) is 10.4. The summed E-state index contributed by atoms with van der Waals surface area (Å²) >= 11 is 0. The van der Waals surface area contributed by atoms with Crippen LogP contribution in [0.3, 0.4) is 0 Å². The topological polar surface area (TPSA) is 72.6 Å². The molecule has 1 aromatic carbocycles. The van der Waals surface area contributed by atoms with Gasteiger partial charge in [-0.3, -0.25) is 0 Å². The van der Waals surface area contributed by atoms with Gasteiger partial charge < -0.3 is 20.2 Å². The van der Waals surface area contributed by atoms with Crippen LogP contribution in [0.25, 0.3) is 0 Å². The van der Waals surface area contributed by atoms with Crippen LogP contribution in [0.5, 0.6) is 0 Å². The smallest absolute Gasteiger partial charge is 0.409 e. The number of unbranched alkanes of at least 4 members (excludes halogenated alkanes) is 2. The molecule has 1 amide bonds. The van der Waals surface area contributed by atoms with Crippen molar-refractivity contribution in [1.29, 1.82) is 0 Å². The molecule has 0 unspecified atom stereocenters. The first-order valence-corrected chi connectivity index (χ1v) is 10.8. The molecule has 2 N–H and O–H groups in total. The van der Waals surface area contributed by atoms with Gasteiger partial charge in [0.2, 0.25) is 0 Å². The van der Waals surface area contributed by atoms with E-state index in [1.165, 1.54) is 11.1 Å². The summed E-state index contributed by atoms with van der Waals surface area (Å²) in [6.45, 7) is 7.28. The van der Waals surface area contributed by atoms with Gasteiger partial charge in [0.1, 0.15) is 5.78 Å². The number of ketones is 1. The van der Waals surface area contributed by atoms with E-state index >= 15 is 0 Å². The van der Waals surface area contributed by atoms with Crippen molar-refractivity contribution in [1.82, 2.24) is 4.90 Å². The van der Waals surface area contributed by atoms with E-state index in [9.17, 15) is 9.59 Å². The largest absolute Gasteiger partial charge is 0.450 e. The molecule has 0 radical (unpaired) electrons. The molecule has 1 aromatic rings. The third-order valence-corrected chi connectivity index (χ3v) is 6.03. The Balaban J connectivity index is 2.14. The maximum absolute atomic E-state index is 12.1. The number of benzene rings is 1. The lowest BCUT2D eigenvalue weighted by Crippen LogP contribution is -2.48. The lowest BCUT2D eigenvalue weighted by atomic mass is 9.69. The van der Waals surface area contributed by atoms with Crippen LogP contribution in [0, 0.1) is 0 Å². The Labute approximate surface area is 175 Å². The average molecular weight is 401 g/mol. The molecule has 1 aliphatic rings. The lowest BCUT2D eigenvalue weighted by molar-refractivity contribution is -0.117. The van der Waals surface area contributed by atoms with Gasteiger partial charge in [0, 0.05) is 30.6 Å². The van der Waals surface area contributed by atoms with Gasteiger partial charge in [-0.15, -0.1) is 0 Å². The molecule has 0 spiro atoms. The van der Waals surface area contributed by atoms with E-state index in [4.69, 9.17) is 10.5 Å². The molecule has 5 nitrogen and oxygen atoms in total. The van der Waals surface area contributed by atoms with Crippen molar-refractivity contribution < 1.29 is 14.3 Å². The maximum atomic E-state index is 12.1. The number of ether oxygens (including phenoxy) is 1. The molecular weight excluding hydrogens is 364 g/mol. The minimum absolute atomic E-state index is 0.237. The van der Waals surface area contributed by atoms with Gasteiger partial charge in [-0.2, -0.15) is 0 Å². The molecule has 0 bridgehead atoms. The minimum atomic E-state index is -0.242. The standard InChI is InChI=1S/C24H36N2O3/c1-4-29-23(28)26-17-15-24(16-18-26,21-13-9-6-10-14-21)22(25)19(2)11-7-5-8-12-20(3)27/h6,9-10,13-14H,4-5,7-8,11-12,15-18,25H2,1-3H3/b22-19+. The van der Waals surface area contributed by atoms with E-state index in [1.54, 1.807) is 11.8 Å². The number of nitrogens with two attached hydrogens (primary N) is 1. The molecule has 29 heavy (non-hydrogen) atoms. The molecule has 1 fully saturated rings. The molecule has 1 heterocycles. The number of allylic oxidation sites excluding steroid dienone is 2. The monoisotopic (exact) mass is 400 g/mol. The number of likely N-dealkylation sites (tertiary alicyclic amines) is 1. The zero-order valence-corrected chi connectivity index (χ0v) is 18.2. The molecule has 0 aromatic heterocycles. The first kappa shape index (κ1) is 23.0. The molecule has 160 valence electrons. The lowest BCUT2D eigenvalue weighted by Gasteiger charge is -2.43. The Kier molecular flexibility index (Phi) is 8.74. The number of Topliss-reactive ketones (excluding diaryl/α,β-unsaturated/α-hetero) is 1.